The number of aromatic nitrogens is 2. The van der Waals surface area contributed by atoms with E-state index in [-0.39, 0.29) is 11.7 Å². The van der Waals surface area contributed by atoms with Crippen LogP contribution < -0.4 is 5.32 Å². The fraction of sp³-hybridized carbons (Fsp3) is 0.250. The summed E-state index contributed by atoms with van der Waals surface area (Å²) in [5, 5.41) is 7.59. The first kappa shape index (κ1) is 21.0. The van der Waals surface area contributed by atoms with E-state index < -0.39 is 0 Å². The molecular weight excluding hydrogens is 395 g/mol. The lowest BCUT2D eigenvalue weighted by atomic mass is 10.1. The lowest BCUT2D eigenvalue weighted by Crippen LogP contribution is -2.41. The van der Waals surface area contributed by atoms with Crippen molar-refractivity contribution in [2.75, 3.05) is 39.4 Å². The number of hydrogen-bond acceptors (Lipinski definition) is 4. The van der Waals surface area contributed by atoms with E-state index in [1.54, 1.807) is 22.9 Å². The molecule has 0 saturated carbocycles. The van der Waals surface area contributed by atoms with Crippen LogP contribution in [0.2, 0.25) is 0 Å². The molecule has 1 aliphatic heterocycles. The average molecular weight is 420 g/mol. The summed E-state index contributed by atoms with van der Waals surface area (Å²) in [7, 11) is 0. The number of nitrogens with one attached hydrogen (secondary N) is 1. The van der Waals surface area contributed by atoms with Crippen molar-refractivity contribution in [1.82, 2.24) is 20.0 Å². The summed E-state index contributed by atoms with van der Waals surface area (Å²) in [4.78, 5) is 14.6. The van der Waals surface area contributed by atoms with Crippen molar-refractivity contribution in [2.24, 2.45) is 0 Å². The molecule has 31 heavy (non-hydrogen) atoms. The fourth-order valence-corrected chi connectivity index (χ4v) is 3.44. The fourth-order valence-electron chi connectivity index (χ4n) is 3.44. The molecule has 0 spiro atoms. The monoisotopic (exact) mass is 420 g/mol. The van der Waals surface area contributed by atoms with Crippen molar-refractivity contribution >= 4 is 12.0 Å². The van der Waals surface area contributed by atoms with E-state index in [9.17, 15) is 9.18 Å². The quantitative estimate of drug-likeness (QED) is 0.597. The van der Waals surface area contributed by atoms with Crippen molar-refractivity contribution < 1.29 is 13.9 Å². The molecule has 3 aromatic rings. The van der Waals surface area contributed by atoms with E-state index >= 15 is 0 Å². The number of nitrogens with zero attached hydrogens (tertiary/aromatic N) is 3. The molecule has 1 aliphatic rings. The van der Waals surface area contributed by atoms with Gasteiger partial charge < -0.3 is 10.1 Å². The molecule has 1 fully saturated rings. The van der Waals surface area contributed by atoms with E-state index in [1.165, 1.54) is 18.2 Å². The minimum Gasteiger partial charge on any atom is -0.379 e. The van der Waals surface area contributed by atoms with Crippen molar-refractivity contribution in [3.8, 4) is 16.9 Å². The summed E-state index contributed by atoms with van der Waals surface area (Å²) in [6.07, 6.45) is 5.12. The second-order valence-corrected chi connectivity index (χ2v) is 7.30. The lowest BCUT2D eigenvalue weighted by Gasteiger charge is -2.26. The van der Waals surface area contributed by atoms with Crippen molar-refractivity contribution in [1.29, 1.82) is 0 Å². The molecule has 7 heteroatoms. The van der Waals surface area contributed by atoms with Crippen LogP contribution in [0.1, 0.15) is 5.56 Å². The van der Waals surface area contributed by atoms with Crippen LogP contribution in [0.5, 0.6) is 0 Å². The van der Waals surface area contributed by atoms with Crippen LogP contribution in [0.15, 0.2) is 66.9 Å². The summed E-state index contributed by atoms with van der Waals surface area (Å²) in [5.74, 6) is -0.464. The minimum atomic E-state index is -0.303. The van der Waals surface area contributed by atoms with Crippen LogP contribution in [0.25, 0.3) is 23.0 Å². The topological polar surface area (TPSA) is 59.4 Å². The first-order valence-electron chi connectivity index (χ1n) is 10.4. The molecular formula is C24H25FN4O2. The highest BCUT2D eigenvalue weighted by Crippen LogP contribution is 2.25. The molecule has 6 nitrogen and oxygen atoms in total. The maximum atomic E-state index is 13.4. The van der Waals surface area contributed by atoms with Gasteiger partial charge in [-0.3, -0.25) is 9.69 Å². The van der Waals surface area contributed by atoms with Gasteiger partial charge in [-0.15, -0.1) is 0 Å². The van der Waals surface area contributed by atoms with Crippen LogP contribution in [0.3, 0.4) is 0 Å². The molecule has 1 N–H and O–H groups in total. The van der Waals surface area contributed by atoms with Gasteiger partial charge in [-0.05, 0) is 42.5 Å². The maximum absolute atomic E-state index is 13.4. The third-order valence-corrected chi connectivity index (χ3v) is 5.13. The van der Waals surface area contributed by atoms with E-state index in [4.69, 9.17) is 4.74 Å². The zero-order chi connectivity index (χ0) is 21.5. The maximum Gasteiger partial charge on any atom is 0.244 e. The Kier molecular flexibility index (Phi) is 6.86. The van der Waals surface area contributed by atoms with Gasteiger partial charge in [0.05, 0.1) is 24.6 Å². The van der Waals surface area contributed by atoms with Gasteiger partial charge in [-0.2, -0.15) is 5.10 Å². The highest BCUT2D eigenvalue weighted by atomic mass is 19.1. The Labute approximate surface area is 180 Å². The summed E-state index contributed by atoms with van der Waals surface area (Å²) in [5.41, 5.74) is 3.14. The number of morpholine rings is 1. The number of ether oxygens (including phenoxy) is 1. The smallest absolute Gasteiger partial charge is 0.244 e. The Bertz CT molecular complexity index is 1030. The average Bonchev–Trinajstić information content (AvgIpc) is 3.24. The Morgan fingerprint density at radius 1 is 1.10 bits per heavy atom. The van der Waals surface area contributed by atoms with Gasteiger partial charge in [0.2, 0.25) is 5.91 Å². The van der Waals surface area contributed by atoms with Crippen LogP contribution in [-0.4, -0.2) is 60.0 Å². The minimum absolute atomic E-state index is 0.161. The van der Waals surface area contributed by atoms with Gasteiger partial charge >= 0.3 is 0 Å². The predicted molar refractivity (Wildman–Crippen MR) is 118 cm³/mol. The molecule has 0 unspecified atom stereocenters. The summed E-state index contributed by atoms with van der Waals surface area (Å²) < 4.78 is 20.5. The molecule has 0 bridgehead atoms. The van der Waals surface area contributed by atoms with Crippen LogP contribution >= 0.6 is 0 Å². The van der Waals surface area contributed by atoms with E-state index in [2.05, 4.69) is 15.3 Å². The summed E-state index contributed by atoms with van der Waals surface area (Å²) in [6.45, 7) is 4.65. The second kappa shape index (κ2) is 10.1. The molecule has 160 valence electrons. The molecule has 4 rings (SSSR count). The predicted octanol–water partition coefficient (Wildman–Crippen LogP) is 3.14. The van der Waals surface area contributed by atoms with Crippen molar-refractivity contribution in [2.45, 2.75) is 0 Å². The Morgan fingerprint density at radius 3 is 2.58 bits per heavy atom. The molecule has 0 radical (unpaired) electrons. The molecule has 2 aromatic carbocycles. The largest absolute Gasteiger partial charge is 0.379 e. The van der Waals surface area contributed by atoms with E-state index in [1.807, 2.05) is 36.5 Å². The molecule has 0 aliphatic carbocycles. The molecule has 1 saturated heterocycles. The number of amides is 1. The highest BCUT2D eigenvalue weighted by molar-refractivity contribution is 5.92. The highest BCUT2D eigenvalue weighted by Gasteiger charge is 2.12. The summed E-state index contributed by atoms with van der Waals surface area (Å²) >= 11 is 0. The number of carbonyl (C=O) groups is 1. The number of halogens is 1. The van der Waals surface area contributed by atoms with Gasteiger partial charge in [0, 0.05) is 49.6 Å². The third kappa shape index (κ3) is 5.65. The molecule has 1 amide bonds. The number of hydrogen-bond donors (Lipinski definition) is 1. The van der Waals surface area contributed by atoms with E-state index in [0.29, 0.717) is 12.2 Å². The van der Waals surface area contributed by atoms with Crippen molar-refractivity contribution in [3.63, 3.8) is 0 Å². The Morgan fingerprint density at radius 2 is 1.84 bits per heavy atom. The second-order valence-electron chi connectivity index (χ2n) is 7.30. The lowest BCUT2D eigenvalue weighted by molar-refractivity contribution is -0.116. The standard InChI is InChI=1S/C24H25FN4O2/c25-21-9-6-19(7-10-21)24-20(18-29(27-24)22-4-2-1-3-5-22)8-11-23(30)26-12-13-28-14-16-31-17-15-28/h1-11,18H,12-17H2,(H,26,30)/b11-8+. The van der Waals surface area contributed by atoms with E-state index in [0.717, 1.165) is 49.7 Å². The van der Waals surface area contributed by atoms with Gasteiger partial charge in [-0.25, -0.2) is 9.07 Å². The number of benzene rings is 2. The van der Waals surface area contributed by atoms with Crippen LogP contribution in [0.4, 0.5) is 4.39 Å². The first-order chi connectivity index (χ1) is 15.2. The Hall–Kier alpha value is -3.29. The molecule has 0 atom stereocenters. The first-order valence-corrected chi connectivity index (χ1v) is 10.4. The number of rotatable bonds is 7. The van der Waals surface area contributed by atoms with Gasteiger partial charge in [-0.1, -0.05) is 18.2 Å². The molecule has 2 heterocycles. The van der Waals surface area contributed by atoms with Crippen LogP contribution in [0, 0.1) is 5.82 Å². The Balaban J connectivity index is 1.48. The number of carbonyl (C=O) groups excluding carboxylic acids is 1. The SMILES string of the molecule is O=C(/C=C/c1cn(-c2ccccc2)nc1-c1ccc(F)cc1)NCCN1CCOCC1. The zero-order valence-corrected chi connectivity index (χ0v) is 17.2. The molecule has 1 aromatic heterocycles. The third-order valence-electron chi connectivity index (χ3n) is 5.13. The van der Waals surface area contributed by atoms with Gasteiger partial charge in [0.15, 0.2) is 0 Å². The van der Waals surface area contributed by atoms with Crippen molar-refractivity contribution in [3.05, 3.63) is 78.3 Å². The zero-order valence-electron chi connectivity index (χ0n) is 17.2. The van der Waals surface area contributed by atoms with Crippen LogP contribution in [-0.2, 0) is 9.53 Å². The summed E-state index contributed by atoms with van der Waals surface area (Å²) in [6, 6.07) is 15.9. The van der Waals surface area contributed by atoms with Gasteiger partial charge in [0.25, 0.3) is 0 Å². The number of para-hydroxylation sites is 1. The van der Waals surface area contributed by atoms with Gasteiger partial charge in [0.1, 0.15) is 5.82 Å². The normalized spacial score (nSPS) is 14.7.